The summed E-state index contributed by atoms with van der Waals surface area (Å²) >= 11 is 0. The summed E-state index contributed by atoms with van der Waals surface area (Å²) in [6, 6.07) is 0. The number of H-pyrrole nitrogens is 1. The van der Waals surface area contributed by atoms with E-state index in [1.165, 1.54) is 0 Å². The Kier molecular flexibility index (Phi) is 0.777. The zero-order valence-corrected chi connectivity index (χ0v) is 4.92. The van der Waals surface area contributed by atoms with Gasteiger partial charge in [0.2, 0.25) is 0 Å². The van der Waals surface area contributed by atoms with Crippen LogP contribution in [0.4, 0.5) is 0 Å². The van der Waals surface area contributed by atoms with Gasteiger partial charge in [-0.05, 0) is 6.42 Å². The van der Waals surface area contributed by atoms with Crippen molar-refractivity contribution in [3.8, 4) is 0 Å². The molecule has 0 aromatic carbocycles. The summed E-state index contributed by atoms with van der Waals surface area (Å²) in [5.41, 5.74) is -0.0671. The highest BCUT2D eigenvalue weighted by molar-refractivity contribution is 4.91. The molecule has 0 bridgehead atoms. The van der Waals surface area contributed by atoms with Crippen LogP contribution in [-0.2, 0) is 13.0 Å². The van der Waals surface area contributed by atoms with E-state index < -0.39 is 0 Å². The summed E-state index contributed by atoms with van der Waals surface area (Å²) in [6.07, 6.45) is 2.00. The molecule has 2 rings (SSSR count). The van der Waals surface area contributed by atoms with Gasteiger partial charge in [0.05, 0.1) is 0 Å². The van der Waals surface area contributed by atoms with Crippen LogP contribution in [-0.4, -0.2) is 14.8 Å². The van der Waals surface area contributed by atoms with Gasteiger partial charge in [0, 0.05) is 13.0 Å². The standard InChI is InChI=1S/C5H7N3O/c9-5-7-6-4-2-1-3-8(4)5/h1-3H2,(H,7,9). The van der Waals surface area contributed by atoms with Crippen LogP contribution in [0.25, 0.3) is 0 Å². The van der Waals surface area contributed by atoms with E-state index in [-0.39, 0.29) is 5.69 Å². The van der Waals surface area contributed by atoms with Gasteiger partial charge in [-0.2, -0.15) is 5.10 Å². The van der Waals surface area contributed by atoms with Crippen LogP contribution in [0.2, 0.25) is 0 Å². The second-order valence-corrected chi connectivity index (χ2v) is 2.20. The lowest BCUT2D eigenvalue weighted by Gasteiger charge is -1.85. The molecule has 1 aromatic rings. The van der Waals surface area contributed by atoms with E-state index in [1.54, 1.807) is 4.57 Å². The van der Waals surface area contributed by atoms with Crippen LogP contribution in [0.1, 0.15) is 12.2 Å². The van der Waals surface area contributed by atoms with E-state index in [4.69, 9.17) is 0 Å². The predicted molar refractivity (Wildman–Crippen MR) is 31.2 cm³/mol. The normalized spacial score (nSPS) is 16.0. The molecule has 1 N–H and O–H groups in total. The van der Waals surface area contributed by atoms with Crippen molar-refractivity contribution in [3.05, 3.63) is 16.3 Å². The SMILES string of the molecule is O=c1[nH]nc2n1CCC2. The number of fused-ring (bicyclic) bond motifs is 1. The molecule has 0 fully saturated rings. The fourth-order valence-corrected chi connectivity index (χ4v) is 1.17. The second-order valence-electron chi connectivity index (χ2n) is 2.20. The first-order valence-corrected chi connectivity index (χ1v) is 3.02. The van der Waals surface area contributed by atoms with Gasteiger partial charge in [-0.3, -0.25) is 4.57 Å². The molecule has 0 radical (unpaired) electrons. The van der Waals surface area contributed by atoms with Crippen molar-refractivity contribution < 1.29 is 0 Å². The van der Waals surface area contributed by atoms with Crippen LogP contribution in [0, 0.1) is 0 Å². The van der Waals surface area contributed by atoms with Gasteiger partial charge in [-0.25, -0.2) is 9.89 Å². The van der Waals surface area contributed by atoms with Gasteiger partial charge in [0.25, 0.3) is 0 Å². The van der Waals surface area contributed by atoms with Crippen LogP contribution in [0.5, 0.6) is 0 Å². The minimum Gasteiger partial charge on any atom is -0.279 e. The van der Waals surface area contributed by atoms with E-state index in [0.717, 1.165) is 25.2 Å². The molecule has 0 saturated heterocycles. The number of nitrogens with zero attached hydrogens (tertiary/aromatic N) is 2. The minimum absolute atomic E-state index is 0.0671. The van der Waals surface area contributed by atoms with E-state index in [1.807, 2.05) is 0 Å². The van der Waals surface area contributed by atoms with Gasteiger partial charge in [-0.15, -0.1) is 0 Å². The molecular formula is C5H7N3O. The highest BCUT2D eigenvalue weighted by Crippen LogP contribution is 2.05. The van der Waals surface area contributed by atoms with Crippen LogP contribution in [0.3, 0.4) is 0 Å². The molecule has 0 aliphatic carbocycles. The molecule has 4 heteroatoms. The molecule has 1 aromatic heterocycles. The fourth-order valence-electron chi connectivity index (χ4n) is 1.17. The summed E-state index contributed by atoms with van der Waals surface area (Å²) in [7, 11) is 0. The van der Waals surface area contributed by atoms with Crippen molar-refractivity contribution in [2.75, 3.05) is 0 Å². The average molecular weight is 125 g/mol. The van der Waals surface area contributed by atoms with Crippen molar-refractivity contribution in [3.63, 3.8) is 0 Å². The van der Waals surface area contributed by atoms with Crippen molar-refractivity contribution in [1.29, 1.82) is 0 Å². The number of nitrogens with one attached hydrogen (secondary N) is 1. The lowest BCUT2D eigenvalue weighted by molar-refractivity contribution is 0.714. The summed E-state index contributed by atoms with van der Waals surface area (Å²) in [5.74, 6) is 0.903. The first-order chi connectivity index (χ1) is 4.38. The lowest BCUT2D eigenvalue weighted by Crippen LogP contribution is -2.14. The topological polar surface area (TPSA) is 50.7 Å². The summed E-state index contributed by atoms with van der Waals surface area (Å²) in [6.45, 7) is 0.838. The Morgan fingerprint density at radius 3 is 3.33 bits per heavy atom. The average Bonchev–Trinajstić information content (AvgIpc) is 2.35. The highest BCUT2D eigenvalue weighted by atomic mass is 16.1. The maximum Gasteiger partial charge on any atom is 0.343 e. The van der Waals surface area contributed by atoms with Crippen molar-refractivity contribution in [2.45, 2.75) is 19.4 Å². The van der Waals surface area contributed by atoms with Crippen molar-refractivity contribution >= 4 is 0 Å². The van der Waals surface area contributed by atoms with Gasteiger partial charge >= 0.3 is 5.69 Å². The molecule has 0 unspecified atom stereocenters. The molecule has 0 saturated carbocycles. The molecule has 0 spiro atoms. The van der Waals surface area contributed by atoms with Crippen molar-refractivity contribution in [1.82, 2.24) is 14.8 Å². The number of hydrogen-bond acceptors (Lipinski definition) is 2. The van der Waals surface area contributed by atoms with Crippen LogP contribution < -0.4 is 5.69 Å². The maximum absolute atomic E-state index is 10.8. The fraction of sp³-hybridized carbons (Fsp3) is 0.600. The van der Waals surface area contributed by atoms with E-state index in [2.05, 4.69) is 10.2 Å². The van der Waals surface area contributed by atoms with Gasteiger partial charge in [0.1, 0.15) is 5.82 Å². The molecule has 4 nitrogen and oxygen atoms in total. The van der Waals surface area contributed by atoms with Crippen LogP contribution in [0.15, 0.2) is 4.79 Å². The Labute approximate surface area is 51.5 Å². The maximum atomic E-state index is 10.8. The molecule has 48 valence electrons. The van der Waals surface area contributed by atoms with Gasteiger partial charge < -0.3 is 0 Å². The van der Waals surface area contributed by atoms with Gasteiger partial charge in [-0.1, -0.05) is 0 Å². The van der Waals surface area contributed by atoms with Crippen LogP contribution >= 0.6 is 0 Å². The highest BCUT2D eigenvalue weighted by Gasteiger charge is 2.13. The van der Waals surface area contributed by atoms with E-state index >= 15 is 0 Å². The summed E-state index contributed by atoms with van der Waals surface area (Å²) in [4.78, 5) is 10.8. The summed E-state index contributed by atoms with van der Waals surface area (Å²) in [5, 5.41) is 6.22. The quantitative estimate of drug-likeness (QED) is 0.509. The smallest absolute Gasteiger partial charge is 0.279 e. The monoisotopic (exact) mass is 125 g/mol. The van der Waals surface area contributed by atoms with Crippen molar-refractivity contribution in [2.24, 2.45) is 0 Å². The number of hydrogen-bond donors (Lipinski definition) is 1. The largest absolute Gasteiger partial charge is 0.343 e. The first kappa shape index (κ1) is 4.78. The number of rotatable bonds is 0. The van der Waals surface area contributed by atoms with E-state index in [0.29, 0.717) is 0 Å². The number of aromatic nitrogens is 3. The summed E-state index contributed by atoms with van der Waals surface area (Å²) < 4.78 is 1.68. The zero-order valence-electron chi connectivity index (χ0n) is 4.92. The predicted octanol–water partition coefficient (Wildman–Crippen LogP) is -0.482. The van der Waals surface area contributed by atoms with Gasteiger partial charge in [0.15, 0.2) is 0 Å². The Bertz CT molecular complexity index is 272. The Morgan fingerprint density at radius 1 is 1.67 bits per heavy atom. The molecule has 9 heavy (non-hydrogen) atoms. The molecule has 0 atom stereocenters. The number of aromatic amines is 1. The molecular weight excluding hydrogens is 118 g/mol. The first-order valence-electron chi connectivity index (χ1n) is 3.02. The Balaban J connectivity index is 2.70. The number of aryl methyl sites for hydroxylation is 1. The third-order valence-electron chi connectivity index (χ3n) is 1.62. The second kappa shape index (κ2) is 1.46. The minimum atomic E-state index is -0.0671. The molecule has 0 amide bonds. The Hall–Kier alpha value is -1.06. The zero-order chi connectivity index (χ0) is 6.27. The lowest BCUT2D eigenvalue weighted by atomic mass is 10.4. The third-order valence-corrected chi connectivity index (χ3v) is 1.62. The third kappa shape index (κ3) is 0.526. The Morgan fingerprint density at radius 2 is 2.56 bits per heavy atom. The molecule has 1 aliphatic heterocycles. The van der Waals surface area contributed by atoms with E-state index in [9.17, 15) is 4.79 Å². The molecule has 1 aliphatic rings. The molecule has 2 heterocycles.